The number of nitrogens with two attached hydrogens (primary N) is 1. The monoisotopic (exact) mass is 228 g/mol. The van der Waals surface area contributed by atoms with E-state index in [4.69, 9.17) is 5.73 Å². The summed E-state index contributed by atoms with van der Waals surface area (Å²) >= 11 is 0. The Morgan fingerprint density at radius 2 is 1.94 bits per heavy atom. The topological polar surface area (TPSA) is 46.3 Å². The van der Waals surface area contributed by atoms with Gasteiger partial charge in [-0.25, -0.2) is 0 Å². The lowest BCUT2D eigenvalue weighted by molar-refractivity contribution is -0.133. The molecule has 0 saturated carbocycles. The van der Waals surface area contributed by atoms with E-state index in [0.29, 0.717) is 18.9 Å². The molecular formula is C13H28N2O. The SMILES string of the molecule is CCCN(CC(C)(C)CN)C(=O)CC(C)C. The number of carbonyl (C=O) groups is 1. The summed E-state index contributed by atoms with van der Waals surface area (Å²) in [6.45, 7) is 12.7. The highest BCUT2D eigenvalue weighted by molar-refractivity contribution is 5.76. The maximum atomic E-state index is 12.0. The molecule has 0 bridgehead atoms. The zero-order valence-corrected chi connectivity index (χ0v) is 11.5. The minimum absolute atomic E-state index is 0.0157. The summed E-state index contributed by atoms with van der Waals surface area (Å²) in [5.41, 5.74) is 5.73. The van der Waals surface area contributed by atoms with E-state index in [1.165, 1.54) is 0 Å². The minimum Gasteiger partial charge on any atom is -0.342 e. The Bertz CT molecular complexity index is 212. The van der Waals surface area contributed by atoms with Crippen LogP contribution in [-0.2, 0) is 4.79 Å². The average Bonchev–Trinajstić information content (AvgIpc) is 2.16. The van der Waals surface area contributed by atoms with Crippen molar-refractivity contribution in [3.63, 3.8) is 0 Å². The summed E-state index contributed by atoms with van der Waals surface area (Å²) < 4.78 is 0. The standard InChI is InChI=1S/C13H28N2O/c1-6-7-15(10-13(4,5)9-14)12(16)8-11(2)3/h11H,6-10,14H2,1-5H3. The number of hydrogen-bond donors (Lipinski definition) is 1. The highest BCUT2D eigenvalue weighted by Gasteiger charge is 2.23. The molecule has 0 rings (SSSR count). The number of carbonyl (C=O) groups excluding carboxylic acids is 1. The largest absolute Gasteiger partial charge is 0.342 e. The van der Waals surface area contributed by atoms with Crippen molar-refractivity contribution >= 4 is 5.91 Å². The quantitative estimate of drug-likeness (QED) is 0.726. The predicted octanol–water partition coefficient (Wildman–Crippen LogP) is 2.26. The Morgan fingerprint density at radius 3 is 2.31 bits per heavy atom. The van der Waals surface area contributed by atoms with Crippen molar-refractivity contribution in [2.45, 2.75) is 47.5 Å². The maximum Gasteiger partial charge on any atom is 0.222 e. The van der Waals surface area contributed by atoms with Crippen LogP contribution >= 0.6 is 0 Å². The lowest BCUT2D eigenvalue weighted by Gasteiger charge is -2.32. The molecule has 1 amide bonds. The summed E-state index contributed by atoms with van der Waals surface area (Å²) in [6, 6.07) is 0. The molecule has 0 fully saturated rings. The van der Waals surface area contributed by atoms with Gasteiger partial charge in [-0.2, -0.15) is 0 Å². The van der Waals surface area contributed by atoms with Crippen molar-refractivity contribution < 1.29 is 4.79 Å². The molecule has 0 aromatic heterocycles. The van der Waals surface area contributed by atoms with E-state index < -0.39 is 0 Å². The molecule has 16 heavy (non-hydrogen) atoms. The molecule has 96 valence electrons. The second-order valence-electron chi connectivity index (χ2n) is 5.78. The van der Waals surface area contributed by atoms with Crippen molar-refractivity contribution in [2.24, 2.45) is 17.1 Å². The van der Waals surface area contributed by atoms with Gasteiger partial charge in [0.1, 0.15) is 0 Å². The molecule has 0 heterocycles. The van der Waals surface area contributed by atoms with Crippen LogP contribution in [0.4, 0.5) is 0 Å². The molecule has 3 nitrogen and oxygen atoms in total. The van der Waals surface area contributed by atoms with Crippen molar-refractivity contribution in [1.82, 2.24) is 4.90 Å². The zero-order chi connectivity index (χ0) is 12.8. The van der Waals surface area contributed by atoms with Gasteiger partial charge in [0.05, 0.1) is 0 Å². The molecule has 0 saturated heterocycles. The molecule has 0 radical (unpaired) electrons. The molecule has 2 N–H and O–H groups in total. The van der Waals surface area contributed by atoms with Gasteiger partial charge in [-0.15, -0.1) is 0 Å². The van der Waals surface area contributed by atoms with E-state index in [1.807, 2.05) is 4.90 Å². The highest BCUT2D eigenvalue weighted by Crippen LogP contribution is 2.16. The van der Waals surface area contributed by atoms with E-state index in [9.17, 15) is 4.79 Å². The van der Waals surface area contributed by atoms with E-state index in [2.05, 4.69) is 34.6 Å². The third-order valence-electron chi connectivity index (χ3n) is 2.60. The van der Waals surface area contributed by atoms with E-state index in [1.54, 1.807) is 0 Å². The molecule has 0 aromatic carbocycles. The zero-order valence-electron chi connectivity index (χ0n) is 11.5. The second-order valence-corrected chi connectivity index (χ2v) is 5.78. The van der Waals surface area contributed by atoms with E-state index in [-0.39, 0.29) is 11.3 Å². The van der Waals surface area contributed by atoms with Crippen molar-refractivity contribution in [3.8, 4) is 0 Å². The molecule has 0 unspecified atom stereocenters. The van der Waals surface area contributed by atoms with E-state index >= 15 is 0 Å². The molecule has 0 aliphatic heterocycles. The van der Waals surface area contributed by atoms with Gasteiger partial charge in [0, 0.05) is 19.5 Å². The third kappa shape index (κ3) is 6.11. The summed E-state index contributed by atoms with van der Waals surface area (Å²) in [7, 11) is 0. The fraction of sp³-hybridized carbons (Fsp3) is 0.923. The first kappa shape index (κ1) is 15.4. The van der Waals surface area contributed by atoms with Crippen molar-refractivity contribution in [3.05, 3.63) is 0 Å². The van der Waals surface area contributed by atoms with Crippen LogP contribution < -0.4 is 5.73 Å². The van der Waals surface area contributed by atoms with Gasteiger partial charge in [-0.05, 0) is 24.3 Å². The first-order chi connectivity index (χ1) is 7.32. The number of amides is 1. The number of rotatable bonds is 7. The van der Waals surface area contributed by atoms with Crippen molar-refractivity contribution in [2.75, 3.05) is 19.6 Å². The first-order valence-electron chi connectivity index (χ1n) is 6.30. The van der Waals surface area contributed by atoms with Crippen LogP contribution in [0, 0.1) is 11.3 Å². The van der Waals surface area contributed by atoms with Gasteiger partial charge in [-0.1, -0.05) is 34.6 Å². The molecule has 0 spiro atoms. The molecule has 0 atom stereocenters. The Morgan fingerprint density at radius 1 is 1.38 bits per heavy atom. The normalized spacial score (nSPS) is 11.9. The summed E-state index contributed by atoms with van der Waals surface area (Å²) in [5.74, 6) is 0.686. The van der Waals surface area contributed by atoms with Gasteiger partial charge in [0.25, 0.3) is 0 Å². The maximum absolute atomic E-state index is 12.0. The molecular weight excluding hydrogens is 200 g/mol. The first-order valence-corrected chi connectivity index (χ1v) is 6.30. The van der Waals surface area contributed by atoms with Crippen LogP contribution in [0.25, 0.3) is 0 Å². The highest BCUT2D eigenvalue weighted by atomic mass is 16.2. The van der Waals surface area contributed by atoms with Gasteiger partial charge >= 0.3 is 0 Å². The Balaban J connectivity index is 4.42. The van der Waals surface area contributed by atoms with Crippen LogP contribution in [-0.4, -0.2) is 30.4 Å². The van der Waals surface area contributed by atoms with Gasteiger partial charge < -0.3 is 10.6 Å². The Kier molecular flexibility index (Phi) is 6.65. The van der Waals surface area contributed by atoms with Crippen molar-refractivity contribution in [1.29, 1.82) is 0 Å². The fourth-order valence-electron chi connectivity index (χ4n) is 1.62. The van der Waals surface area contributed by atoms with Crippen LogP contribution in [0.1, 0.15) is 47.5 Å². The van der Waals surface area contributed by atoms with Crippen LogP contribution in [0.5, 0.6) is 0 Å². The average molecular weight is 228 g/mol. The van der Waals surface area contributed by atoms with Crippen LogP contribution in [0.2, 0.25) is 0 Å². The van der Waals surface area contributed by atoms with Gasteiger partial charge in [0.2, 0.25) is 5.91 Å². The summed E-state index contributed by atoms with van der Waals surface area (Å²) in [5, 5.41) is 0. The summed E-state index contributed by atoms with van der Waals surface area (Å²) in [4.78, 5) is 14.0. The van der Waals surface area contributed by atoms with Crippen LogP contribution in [0.15, 0.2) is 0 Å². The smallest absolute Gasteiger partial charge is 0.222 e. The Labute approximate surface area is 100 Å². The lowest BCUT2D eigenvalue weighted by atomic mass is 9.92. The molecule has 0 aromatic rings. The van der Waals surface area contributed by atoms with Gasteiger partial charge in [0.15, 0.2) is 0 Å². The van der Waals surface area contributed by atoms with E-state index in [0.717, 1.165) is 19.5 Å². The second kappa shape index (κ2) is 6.89. The van der Waals surface area contributed by atoms with Gasteiger partial charge in [-0.3, -0.25) is 4.79 Å². The fourth-order valence-corrected chi connectivity index (χ4v) is 1.62. The lowest BCUT2D eigenvalue weighted by Crippen LogP contribution is -2.42. The number of hydrogen-bond acceptors (Lipinski definition) is 2. The molecule has 0 aliphatic rings. The molecule has 0 aliphatic carbocycles. The number of nitrogens with zero attached hydrogens (tertiary/aromatic N) is 1. The summed E-state index contributed by atoms with van der Waals surface area (Å²) in [6.07, 6.45) is 1.64. The molecule has 3 heteroatoms. The third-order valence-corrected chi connectivity index (χ3v) is 2.60. The predicted molar refractivity (Wildman–Crippen MR) is 69.2 cm³/mol. The Hall–Kier alpha value is -0.570. The minimum atomic E-state index is 0.0157. The van der Waals surface area contributed by atoms with Crippen LogP contribution in [0.3, 0.4) is 0 Å².